The number of benzene rings is 1. The Labute approximate surface area is 103 Å². The molecule has 0 amide bonds. The van der Waals surface area contributed by atoms with Crippen molar-refractivity contribution in [2.24, 2.45) is 10.8 Å². The molecule has 0 saturated heterocycles. The summed E-state index contributed by atoms with van der Waals surface area (Å²) >= 11 is 0. The van der Waals surface area contributed by atoms with E-state index in [2.05, 4.69) is 50.8 Å². The van der Waals surface area contributed by atoms with E-state index in [1.165, 1.54) is 5.56 Å². The van der Waals surface area contributed by atoms with E-state index in [0.29, 0.717) is 22.7 Å². The molecule has 0 radical (unpaired) electrons. The molecule has 1 aliphatic heterocycles. The molecule has 2 heteroatoms. The van der Waals surface area contributed by atoms with Crippen molar-refractivity contribution in [1.29, 1.82) is 5.41 Å². The number of fused-ring (bicyclic) bond motifs is 1. The molecule has 0 unspecified atom stereocenters. The Morgan fingerprint density at radius 1 is 1.12 bits per heavy atom. The predicted molar refractivity (Wildman–Crippen MR) is 70.2 cm³/mol. The van der Waals surface area contributed by atoms with E-state index in [0.717, 1.165) is 12.1 Å². The second-order valence-corrected chi connectivity index (χ2v) is 6.48. The van der Waals surface area contributed by atoms with Gasteiger partial charge in [-0.25, -0.2) is 0 Å². The minimum absolute atomic E-state index is 0.307. The minimum atomic E-state index is 0.307. The fourth-order valence-corrected chi connectivity index (χ4v) is 3.47. The smallest absolute Gasteiger partial charge is 0.128 e. The molecule has 1 aliphatic carbocycles. The lowest BCUT2D eigenvalue weighted by molar-refractivity contribution is 0.355. The van der Waals surface area contributed by atoms with Gasteiger partial charge >= 0.3 is 0 Å². The Hall–Kier alpha value is -1.31. The van der Waals surface area contributed by atoms with Crippen LogP contribution in [0.25, 0.3) is 0 Å². The molecule has 2 aliphatic rings. The van der Waals surface area contributed by atoms with Crippen molar-refractivity contribution in [3.8, 4) is 0 Å². The van der Waals surface area contributed by atoms with Crippen LogP contribution < -0.4 is 0 Å². The standard InChI is InChI=1S/C15H20N2/c1-14(2)13(15(14,3)4)17-9-10-7-5-6-8-11(10)12(17)16/h5-8,13,16H,9H2,1-4H3. The highest BCUT2D eigenvalue weighted by atomic mass is 15.3. The van der Waals surface area contributed by atoms with Crippen LogP contribution in [0.15, 0.2) is 24.3 Å². The predicted octanol–water partition coefficient (Wildman–Crippen LogP) is 3.26. The van der Waals surface area contributed by atoms with E-state index in [9.17, 15) is 0 Å². The summed E-state index contributed by atoms with van der Waals surface area (Å²) in [5.41, 5.74) is 3.03. The third-order valence-corrected chi connectivity index (χ3v) is 5.16. The Kier molecular flexibility index (Phi) is 1.86. The maximum absolute atomic E-state index is 8.34. The van der Waals surface area contributed by atoms with Crippen molar-refractivity contribution in [3.63, 3.8) is 0 Å². The quantitative estimate of drug-likeness (QED) is 0.784. The molecule has 0 aromatic heterocycles. The number of nitrogens with one attached hydrogen (secondary N) is 1. The highest BCUT2D eigenvalue weighted by Crippen LogP contribution is 2.66. The molecule has 1 fully saturated rings. The molecule has 1 heterocycles. The number of amidine groups is 1. The van der Waals surface area contributed by atoms with Crippen molar-refractivity contribution >= 4 is 5.84 Å². The zero-order chi connectivity index (χ0) is 12.4. The first-order chi connectivity index (χ1) is 7.87. The van der Waals surface area contributed by atoms with Crippen LogP contribution in [-0.4, -0.2) is 16.8 Å². The third kappa shape index (κ3) is 1.18. The monoisotopic (exact) mass is 228 g/mol. The third-order valence-electron chi connectivity index (χ3n) is 5.16. The summed E-state index contributed by atoms with van der Waals surface area (Å²) in [5.74, 6) is 0.712. The lowest BCUT2D eigenvalue weighted by Crippen LogP contribution is -2.30. The van der Waals surface area contributed by atoms with Gasteiger partial charge in [-0.3, -0.25) is 5.41 Å². The molecular formula is C15H20N2. The molecule has 2 nitrogen and oxygen atoms in total. The highest BCUT2D eigenvalue weighted by molar-refractivity contribution is 6.00. The SMILES string of the molecule is CC1(C)C(N2Cc3ccccc3C2=N)C1(C)C. The Morgan fingerprint density at radius 2 is 1.71 bits per heavy atom. The van der Waals surface area contributed by atoms with Crippen LogP contribution in [-0.2, 0) is 6.54 Å². The molecule has 0 spiro atoms. The van der Waals surface area contributed by atoms with E-state index in [1.54, 1.807) is 0 Å². The first kappa shape index (κ1) is 10.8. The van der Waals surface area contributed by atoms with Gasteiger partial charge in [-0.2, -0.15) is 0 Å². The highest BCUT2D eigenvalue weighted by Gasteiger charge is 2.68. The van der Waals surface area contributed by atoms with Gasteiger partial charge < -0.3 is 4.90 Å². The van der Waals surface area contributed by atoms with Crippen molar-refractivity contribution in [1.82, 2.24) is 4.90 Å². The average molecular weight is 228 g/mol. The minimum Gasteiger partial charge on any atom is -0.348 e. The summed E-state index contributed by atoms with van der Waals surface area (Å²) in [4.78, 5) is 2.28. The van der Waals surface area contributed by atoms with Crippen molar-refractivity contribution in [2.75, 3.05) is 0 Å². The van der Waals surface area contributed by atoms with Crippen LogP contribution in [0.3, 0.4) is 0 Å². The average Bonchev–Trinajstić information content (AvgIpc) is 2.55. The van der Waals surface area contributed by atoms with Crippen LogP contribution in [0, 0.1) is 16.2 Å². The van der Waals surface area contributed by atoms with Crippen LogP contribution in [0.2, 0.25) is 0 Å². The van der Waals surface area contributed by atoms with Gasteiger partial charge in [-0.05, 0) is 16.4 Å². The van der Waals surface area contributed by atoms with E-state index >= 15 is 0 Å². The normalized spacial score (nSPS) is 24.9. The van der Waals surface area contributed by atoms with Crippen LogP contribution in [0.1, 0.15) is 38.8 Å². The van der Waals surface area contributed by atoms with Crippen molar-refractivity contribution in [2.45, 2.75) is 40.3 Å². The molecule has 0 bridgehead atoms. The number of rotatable bonds is 1. The number of nitrogens with zero attached hydrogens (tertiary/aromatic N) is 1. The molecule has 17 heavy (non-hydrogen) atoms. The number of hydrogen-bond acceptors (Lipinski definition) is 1. The molecule has 1 aromatic carbocycles. The molecule has 1 N–H and O–H groups in total. The fourth-order valence-electron chi connectivity index (χ4n) is 3.47. The topological polar surface area (TPSA) is 27.1 Å². The summed E-state index contributed by atoms with van der Waals surface area (Å²) in [6.07, 6.45) is 0. The van der Waals surface area contributed by atoms with Gasteiger partial charge in [0.2, 0.25) is 0 Å². The lowest BCUT2D eigenvalue weighted by atomic mass is 10.0. The molecule has 90 valence electrons. The van der Waals surface area contributed by atoms with E-state index in [-0.39, 0.29) is 0 Å². The lowest BCUT2D eigenvalue weighted by Gasteiger charge is -2.20. The molecule has 3 rings (SSSR count). The van der Waals surface area contributed by atoms with Crippen molar-refractivity contribution < 1.29 is 0 Å². The first-order valence-electron chi connectivity index (χ1n) is 6.31. The largest absolute Gasteiger partial charge is 0.348 e. The van der Waals surface area contributed by atoms with Crippen LogP contribution in [0.4, 0.5) is 0 Å². The molecular weight excluding hydrogens is 208 g/mol. The van der Waals surface area contributed by atoms with Gasteiger partial charge in [-0.1, -0.05) is 52.0 Å². The van der Waals surface area contributed by atoms with Crippen LogP contribution >= 0.6 is 0 Å². The Balaban J connectivity index is 1.94. The van der Waals surface area contributed by atoms with Gasteiger partial charge in [0.1, 0.15) is 5.84 Å². The van der Waals surface area contributed by atoms with Gasteiger partial charge in [-0.15, -0.1) is 0 Å². The van der Waals surface area contributed by atoms with E-state index < -0.39 is 0 Å². The summed E-state index contributed by atoms with van der Waals surface area (Å²) in [6.45, 7) is 10.2. The van der Waals surface area contributed by atoms with Gasteiger partial charge in [0, 0.05) is 18.2 Å². The maximum atomic E-state index is 8.34. The van der Waals surface area contributed by atoms with E-state index in [1.807, 2.05) is 6.07 Å². The maximum Gasteiger partial charge on any atom is 0.128 e. The van der Waals surface area contributed by atoms with Crippen LogP contribution in [0.5, 0.6) is 0 Å². The Bertz CT molecular complexity index is 485. The second kappa shape index (κ2) is 2.92. The van der Waals surface area contributed by atoms with Gasteiger partial charge in [0.15, 0.2) is 0 Å². The Morgan fingerprint density at radius 3 is 2.24 bits per heavy atom. The zero-order valence-corrected chi connectivity index (χ0v) is 11.0. The molecule has 0 atom stereocenters. The summed E-state index contributed by atoms with van der Waals surface area (Å²) in [6, 6.07) is 8.81. The summed E-state index contributed by atoms with van der Waals surface area (Å²) in [7, 11) is 0. The van der Waals surface area contributed by atoms with E-state index in [4.69, 9.17) is 5.41 Å². The van der Waals surface area contributed by atoms with Gasteiger partial charge in [0.25, 0.3) is 0 Å². The summed E-state index contributed by atoms with van der Waals surface area (Å²) in [5, 5.41) is 8.34. The number of hydrogen-bond donors (Lipinski definition) is 1. The first-order valence-corrected chi connectivity index (χ1v) is 6.31. The van der Waals surface area contributed by atoms with Gasteiger partial charge in [0.05, 0.1) is 0 Å². The van der Waals surface area contributed by atoms with Crippen molar-refractivity contribution in [3.05, 3.63) is 35.4 Å². The summed E-state index contributed by atoms with van der Waals surface area (Å²) < 4.78 is 0. The molecule has 1 saturated carbocycles. The fraction of sp³-hybridized carbons (Fsp3) is 0.533. The molecule has 1 aromatic rings. The zero-order valence-electron chi connectivity index (χ0n) is 11.0. The second-order valence-electron chi connectivity index (χ2n) is 6.48.